The Morgan fingerprint density at radius 3 is 2.38 bits per heavy atom. The summed E-state index contributed by atoms with van der Waals surface area (Å²) < 4.78 is 0. The molecule has 0 radical (unpaired) electrons. The van der Waals surface area contributed by atoms with Gasteiger partial charge in [0.25, 0.3) is 0 Å². The van der Waals surface area contributed by atoms with Crippen molar-refractivity contribution in [2.45, 2.75) is 19.8 Å². The molecule has 5 nitrogen and oxygen atoms in total. The van der Waals surface area contributed by atoms with E-state index < -0.39 is 0 Å². The minimum absolute atomic E-state index is 0.00550. The standard InChI is InChI=1S/C22H19Cl2N3O2/c1-14(16-7-6-15-4-2-3-5-17(15)12-16)26-27-22(29)11-10-21(28)25-20-9-8-18(23)13-19(20)24/h2-9,12-13H,10-11H2,1H3,(H,25,28)(H,27,29). The van der Waals surface area contributed by atoms with Crippen molar-refractivity contribution in [1.29, 1.82) is 0 Å². The van der Waals surface area contributed by atoms with Crippen molar-refractivity contribution in [2.75, 3.05) is 5.32 Å². The lowest BCUT2D eigenvalue weighted by atomic mass is 10.0. The average molecular weight is 428 g/mol. The fraction of sp³-hybridized carbons (Fsp3) is 0.136. The summed E-state index contributed by atoms with van der Waals surface area (Å²) in [4.78, 5) is 24.0. The predicted octanol–water partition coefficient (Wildman–Crippen LogP) is 5.41. The van der Waals surface area contributed by atoms with Gasteiger partial charge in [-0.1, -0.05) is 59.6 Å². The number of rotatable bonds is 6. The first kappa shape index (κ1) is 20.8. The zero-order chi connectivity index (χ0) is 20.8. The third-order valence-electron chi connectivity index (χ3n) is 4.30. The number of hydrogen-bond donors (Lipinski definition) is 2. The number of carbonyl (C=O) groups excluding carboxylic acids is 2. The third-order valence-corrected chi connectivity index (χ3v) is 4.85. The van der Waals surface area contributed by atoms with Crippen molar-refractivity contribution in [3.05, 3.63) is 76.3 Å². The van der Waals surface area contributed by atoms with Gasteiger partial charge in [-0.25, -0.2) is 5.43 Å². The van der Waals surface area contributed by atoms with Gasteiger partial charge in [0.2, 0.25) is 11.8 Å². The monoisotopic (exact) mass is 427 g/mol. The predicted molar refractivity (Wildman–Crippen MR) is 119 cm³/mol. The number of hydrogen-bond acceptors (Lipinski definition) is 3. The van der Waals surface area contributed by atoms with Gasteiger partial charge in [-0.05, 0) is 47.5 Å². The number of hydrazone groups is 1. The normalized spacial score (nSPS) is 11.3. The van der Waals surface area contributed by atoms with Crippen LogP contribution < -0.4 is 10.7 Å². The van der Waals surface area contributed by atoms with Crippen molar-refractivity contribution in [3.8, 4) is 0 Å². The van der Waals surface area contributed by atoms with E-state index in [1.165, 1.54) is 6.07 Å². The molecule has 2 amide bonds. The van der Waals surface area contributed by atoms with E-state index in [1.807, 2.05) is 49.4 Å². The lowest BCUT2D eigenvalue weighted by molar-refractivity contribution is -0.124. The van der Waals surface area contributed by atoms with Crippen LogP contribution in [0.2, 0.25) is 10.0 Å². The highest BCUT2D eigenvalue weighted by Crippen LogP contribution is 2.25. The largest absolute Gasteiger partial charge is 0.325 e. The van der Waals surface area contributed by atoms with Crippen LogP contribution in [0, 0.1) is 0 Å². The van der Waals surface area contributed by atoms with Gasteiger partial charge < -0.3 is 5.32 Å². The molecule has 2 N–H and O–H groups in total. The zero-order valence-corrected chi connectivity index (χ0v) is 17.2. The Morgan fingerprint density at radius 1 is 0.897 bits per heavy atom. The number of nitrogens with zero attached hydrogens (tertiary/aromatic N) is 1. The SMILES string of the molecule is CC(=NNC(=O)CCC(=O)Nc1ccc(Cl)cc1Cl)c1ccc2ccccc2c1. The van der Waals surface area contributed by atoms with Crippen LogP contribution in [-0.2, 0) is 9.59 Å². The number of fused-ring (bicyclic) bond motifs is 1. The molecule has 3 rings (SSSR count). The molecule has 0 aliphatic rings. The maximum absolute atomic E-state index is 12.0. The molecule has 3 aromatic rings. The molecule has 0 atom stereocenters. The molecule has 3 aromatic carbocycles. The third kappa shape index (κ3) is 5.79. The smallest absolute Gasteiger partial charge is 0.240 e. The van der Waals surface area contributed by atoms with Gasteiger partial charge in [0.1, 0.15) is 0 Å². The van der Waals surface area contributed by atoms with Crippen LogP contribution in [0.15, 0.2) is 65.8 Å². The molecule has 0 aromatic heterocycles. The lowest BCUT2D eigenvalue weighted by Gasteiger charge is -2.07. The van der Waals surface area contributed by atoms with Crippen LogP contribution in [0.4, 0.5) is 5.69 Å². The Morgan fingerprint density at radius 2 is 1.62 bits per heavy atom. The second-order valence-electron chi connectivity index (χ2n) is 6.47. The van der Waals surface area contributed by atoms with Gasteiger partial charge in [-0.3, -0.25) is 9.59 Å². The topological polar surface area (TPSA) is 70.6 Å². The van der Waals surface area contributed by atoms with Gasteiger partial charge in [-0.2, -0.15) is 5.10 Å². The molecule has 0 aliphatic heterocycles. The first-order chi connectivity index (χ1) is 13.9. The summed E-state index contributed by atoms with van der Waals surface area (Å²) in [5.41, 5.74) is 4.54. The van der Waals surface area contributed by atoms with E-state index in [2.05, 4.69) is 15.8 Å². The minimum atomic E-state index is -0.345. The van der Waals surface area contributed by atoms with E-state index in [0.717, 1.165) is 16.3 Å². The first-order valence-electron chi connectivity index (χ1n) is 8.99. The van der Waals surface area contributed by atoms with Crippen LogP contribution in [0.5, 0.6) is 0 Å². The van der Waals surface area contributed by atoms with Crippen molar-refractivity contribution in [2.24, 2.45) is 5.10 Å². The molecule has 0 heterocycles. The van der Waals surface area contributed by atoms with Crippen LogP contribution in [0.25, 0.3) is 10.8 Å². The number of nitrogens with one attached hydrogen (secondary N) is 2. The Kier molecular flexibility index (Phi) is 6.86. The average Bonchev–Trinajstić information content (AvgIpc) is 2.72. The molecule has 0 bridgehead atoms. The van der Waals surface area contributed by atoms with Crippen molar-refractivity contribution < 1.29 is 9.59 Å². The lowest BCUT2D eigenvalue weighted by Crippen LogP contribution is -2.21. The number of halogens is 2. The Bertz CT molecular complexity index is 1100. The van der Waals surface area contributed by atoms with Crippen molar-refractivity contribution in [3.63, 3.8) is 0 Å². The summed E-state index contributed by atoms with van der Waals surface area (Å²) in [6.45, 7) is 1.82. The summed E-state index contributed by atoms with van der Waals surface area (Å²) in [5, 5.41) is 9.85. The summed E-state index contributed by atoms with van der Waals surface area (Å²) in [6.07, 6.45) is 0.0148. The molecular weight excluding hydrogens is 409 g/mol. The molecule has 0 saturated carbocycles. The van der Waals surface area contributed by atoms with E-state index in [0.29, 0.717) is 21.4 Å². The number of anilines is 1. The maximum Gasteiger partial charge on any atom is 0.240 e. The highest BCUT2D eigenvalue weighted by Gasteiger charge is 2.09. The molecule has 148 valence electrons. The molecule has 0 fully saturated rings. The first-order valence-corrected chi connectivity index (χ1v) is 9.75. The van der Waals surface area contributed by atoms with E-state index in [9.17, 15) is 9.59 Å². The van der Waals surface area contributed by atoms with Gasteiger partial charge in [0.15, 0.2) is 0 Å². The summed E-state index contributed by atoms with van der Waals surface area (Å²) in [7, 11) is 0. The fourth-order valence-electron chi connectivity index (χ4n) is 2.71. The van der Waals surface area contributed by atoms with Crippen molar-refractivity contribution in [1.82, 2.24) is 5.43 Å². The van der Waals surface area contributed by atoms with Gasteiger partial charge in [0.05, 0.1) is 16.4 Å². The van der Waals surface area contributed by atoms with Crippen LogP contribution >= 0.6 is 23.2 Å². The maximum atomic E-state index is 12.0. The Hall–Kier alpha value is -2.89. The molecule has 0 aliphatic carbocycles. The number of amides is 2. The molecule has 0 saturated heterocycles. The number of carbonyl (C=O) groups is 2. The molecule has 0 unspecified atom stereocenters. The van der Waals surface area contributed by atoms with E-state index >= 15 is 0 Å². The minimum Gasteiger partial charge on any atom is -0.325 e. The van der Waals surface area contributed by atoms with E-state index in [-0.39, 0.29) is 24.7 Å². The second kappa shape index (κ2) is 9.54. The molecule has 29 heavy (non-hydrogen) atoms. The van der Waals surface area contributed by atoms with Gasteiger partial charge in [-0.15, -0.1) is 0 Å². The van der Waals surface area contributed by atoms with E-state index in [1.54, 1.807) is 12.1 Å². The summed E-state index contributed by atoms with van der Waals surface area (Å²) >= 11 is 11.8. The highest BCUT2D eigenvalue weighted by molar-refractivity contribution is 6.36. The highest BCUT2D eigenvalue weighted by atomic mass is 35.5. The Labute approximate surface area is 178 Å². The molecular formula is C22H19Cl2N3O2. The van der Waals surface area contributed by atoms with Crippen LogP contribution in [0.1, 0.15) is 25.3 Å². The zero-order valence-electron chi connectivity index (χ0n) is 15.7. The summed E-state index contributed by atoms with van der Waals surface area (Å²) in [6, 6.07) is 18.8. The quantitative estimate of drug-likeness (QED) is 0.407. The van der Waals surface area contributed by atoms with Gasteiger partial charge in [0, 0.05) is 17.9 Å². The van der Waals surface area contributed by atoms with E-state index in [4.69, 9.17) is 23.2 Å². The molecule has 0 spiro atoms. The summed E-state index contributed by atoms with van der Waals surface area (Å²) in [5.74, 6) is -0.665. The van der Waals surface area contributed by atoms with Gasteiger partial charge >= 0.3 is 0 Å². The molecule has 7 heteroatoms. The number of benzene rings is 3. The fourth-order valence-corrected chi connectivity index (χ4v) is 3.17. The Balaban J connectivity index is 1.52. The van der Waals surface area contributed by atoms with Crippen molar-refractivity contribution >= 4 is 57.2 Å². The second-order valence-corrected chi connectivity index (χ2v) is 7.31. The van der Waals surface area contributed by atoms with Crippen LogP contribution in [0.3, 0.4) is 0 Å². The van der Waals surface area contributed by atoms with Crippen LogP contribution in [-0.4, -0.2) is 17.5 Å².